The Bertz CT molecular complexity index is 363. The lowest BCUT2D eigenvalue weighted by molar-refractivity contribution is 0.173. The zero-order valence-electron chi connectivity index (χ0n) is 12.5. The van der Waals surface area contributed by atoms with E-state index in [-0.39, 0.29) is 5.95 Å². The molecule has 0 aromatic carbocycles. The number of hydrogen-bond acceptors (Lipinski definition) is 5. The fourth-order valence-corrected chi connectivity index (χ4v) is 2.41. The van der Waals surface area contributed by atoms with E-state index >= 15 is 0 Å². The van der Waals surface area contributed by atoms with Gasteiger partial charge in [-0.05, 0) is 18.9 Å². The Morgan fingerprint density at radius 2 is 1.95 bits per heavy atom. The quantitative estimate of drug-likeness (QED) is 0.640. The molecule has 0 aliphatic heterocycles. The van der Waals surface area contributed by atoms with Crippen molar-refractivity contribution in [2.24, 2.45) is 0 Å². The zero-order valence-corrected chi connectivity index (χ0v) is 13.3. The highest BCUT2D eigenvalue weighted by molar-refractivity contribution is 7.95. The van der Waals surface area contributed by atoms with Gasteiger partial charge in [0.05, 0.1) is 6.26 Å². The molecular formula is C14H24N2O3S. The van der Waals surface area contributed by atoms with Crippen LogP contribution in [0.1, 0.15) is 39.5 Å². The third-order valence-electron chi connectivity index (χ3n) is 2.70. The number of carbonyl (C=O) groups excluding carboxylic acids is 1. The molecule has 1 rings (SSSR count). The van der Waals surface area contributed by atoms with Crippen molar-refractivity contribution in [3.8, 4) is 5.95 Å². The second-order valence-corrected chi connectivity index (χ2v) is 5.74. The van der Waals surface area contributed by atoms with Crippen molar-refractivity contribution >= 4 is 18.2 Å². The summed E-state index contributed by atoms with van der Waals surface area (Å²) in [6, 6.07) is 3.30. The molecule has 20 heavy (non-hydrogen) atoms. The minimum absolute atomic E-state index is 0.219. The zero-order chi connectivity index (χ0) is 14.8. The lowest BCUT2D eigenvalue weighted by Crippen LogP contribution is -2.30. The topological polar surface area (TPSA) is 45.9 Å². The van der Waals surface area contributed by atoms with E-state index in [1.807, 2.05) is 0 Å². The third kappa shape index (κ3) is 6.34. The average molecular weight is 300 g/mol. The molecule has 0 atom stereocenters. The largest absolute Gasteiger partial charge is 0.434 e. The molecule has 0 saturated heterocycles. The number of ether oxygens (including phenoxy) is 1. The third-order valence-corrected chi connectivity index (χ3v) is 3.69. The Balaban J connectivity index is 2.42. The summed E-state index contributed by atoms with van der Waals surface area (Å²) in [7, 11) is 1.71. The maximum absolute atomic E-state index is 11.9. The highest BCUT2D eigenvalue weighted by Gasteiger charge is 2.17. The molecule has 1 aromatic rings. The van der Waals surface area contributed by atoms with Gasteiger partial charge in [0, 0.05) is 38.3 Å². The van der Waals surface area contributed by atoms with Crippen molar-refractivity contribution in [1.82, 2.24) is 8.61 Å². The van der Waals surface area contributed by atoms with Gasteiger partial charge in [-0.25, -0.2) is 13.4 Å². The number of unbranched alkanes of at least 4 members (excludes halogenated alkanes) is 2. The van der Waals surface area contributed by atoms with Crippen LogP contribution in [-0.2, 0) is 0 Å². The van der Waals surface area contributed by atoms with Gasteiger partial charge in [0.15, 0.2) is 0 Å². The Labute approximate surface area is 125 Å². The summed E-state index contributed by atoms with van der Waals surface area (Å²) in [6.07, 6.45) is 5.58. The predicted octanol–water partition coefficient (Wildman–Crippen LogP) is 4.18. The van der Waals surface area contributed by atoms with E-state index in [0.717, 1.165) is 38.8 Å². The lowest BCUT2D eigenvalue weighted by Gasteiger charge is -2.25. The maximum atomic E-state index is 11.9. The second-order valence-electron chi connectivity index (χ2n) is 4.52. The van der Waals surface area contributed by atoms with Gasteiger partial charge in [-0.1, -0.05) is 26.7 Å². The van der Waals surface area contributed by atoms with Crippen molar-refractivity contribution in [2.75, 3.05) is 20.1 Å². The average Bonchev–Trinajstić information content (AvgIpc) is 2.94. The van der Waals surface area contributed by atoms with Crippen molar-refractivity contribution in [2.45, 2.75) is 39.5 Å². The fraction of sp³-hybridized carbons (Fsp3) is 0.643. The van der Waals surface area contributed by atoms with Crippen molar-refractivity contribution < 1.29 is 13.9 Å². The minimum atomic E-state index is -0.428. The van der Waals surface area contributed by atoms with Crippen LogP contribution in [0.2, 0.25) is 0 Å². The van der Waals surface area contributed by atoms with Crippen molar-refractivity contribution in [1.29, 1.82) is 0 Å². The van der Waals surface area contributed by atoms with E-state index in [9.17, 15) is 4.79 Å². The number of amides is 1. The molecule has 6 heteroatoms. The van der Waals surface area contributed by atoms with Gasteiger partial charge in [-0.3, -0.25) is 0 Å². The van der Waals surface area contributed by atoms with E-state index in [2.05, 4.69) is 18.2 Å². The molecule has 0 bridgehead atoms. The number of furan rings is 1. The summed E-state index contributed by atoms with van der Waals surface area (Å²) in [6.45, 7) is 6.27. The minimum Gasteiger partial charge on any atom is -0.434 e. The molecule has 1 amide bonds. The molecule has 0 spiro atoms. The SMILES string of the molecule is CCCCN(CCCC)SN(C)C(=O)Oc1ccco1. The number of carbonyl (C=O) groups is 1. The van der Waals surface area contributed by atoms with E-state index in [1.54, 1.807) is 19.2 Å². The molecule has 0 N–H and O–H groups in total. The van der Waals surface area contributed by atoms with Gasteiger partial charge in [0.25, 0.3) is 5.95 Å². The highest BCUT2D eigenvalue weighted by Crippen LogP contribution is 2.19. The first-order chi connectivity index (χ1) is 9.67. The van der Waals surface area contributed by atoms with Crippen LogP contribution in [0.25, 0.3) is 0 Å². The Morgan fingerprint density at radius 3 is 2.45 bits per heavy atom. The molecule has 5 nitrogen and oxygen atoms in total. The summed E-state index contributed by atoms with van der Waals surface area (Å²) in [5, 5.41) is 0. The number of nitrogens with zero attached hydrogens (tertiary/aromatic N) is 2. The molecule has 0 radical (unpaired) electrons. The van der Waals surface area contributed by atoms with E-state index in [1.165, 1.54) is 22.7 Å². The van der Waals surface area contributed by atoms with E-state index < -0.39 is 6.09 Å². The standard InChI is InChI=1S/C14H24N2O3S/c1-4-6-10-16(11-7-5-2)20-15(3)14(17)19-13-9-8-12-18-13/h8-9,12H,4-7,10-11H2,1-3H3. The Hall–Kier alpha value is -1.14. The van der Waals surface area contributed by atoms with E-state index in [4.69, 9.17) is 9.15 Å². The van der Waals surface area contributed by atoms with Crippen LogP contribution >= 0.6 is 12.1 Å². The normalized spacial score (nSPS) is 10.8. The monoisotopic (exact) mass is 300 g/mol. The van der Waals surface area contributed by atoms with Crippen molar-refractivity contribution in [3.05, 3.63) is 18.4 Å². The Kier molecular flexibility index (Phi) is 8.22. The maximum Gasteiger partial charge on any atom is 0.428 e. The molecule has 114 valence electrons. The summed E-state index contributed by atoms with van der Waals surface area (Å²) >= 11 is 1.41. The van der Waals surface area contributed by atoms with Gasteiger partial charge in [-0.2, -0.15) is 0 Å². The molecule has 0 saturated carbocycles. The first-order valence-corrected chi connectivity index (χ1v) is 7.82. The van der Waals surface area contributed by atoms with Gasteiger partial charge < -0.3 is 9.15 Å². The first-order valence-electron chi connectivity index (χ1n) is 7.09. The molecule has 0 aliphatic carbocycles. The van der Waals surface area contributed by atoms with Crippen LogP contribution in [0.4, 0.5) is 4.79 Å². The molecule has 0 aliphatic rings. The van der Waals surface area contributed by atoms with Gasteiger partial charge in [-0.15, -0.1) is 0 Å². The van der Waals surface area contributed by atoms with Gasteiger partial charge in [0.1, 0.15) is 0 Å². The Morgan fingerprint density at radius 1 is 1.30 bits per heavy atom. The second kappa shape index (κ2) is 9.72. The predicted molar refractivity (Wildman–Crippen MR) is 81.5 cm³/mol. The molecule has 1 aromatic heterocycles. The van der Waals surface area contributed by atoms with E-state index in [0.29, 0.717) is 0 Å². The number of hydrogen-bond donors (Lipinski definition) is 0. The first kappa shape index (κ1) is 16.9. The summed E-state index contributed by atoms with van der Waals surface area (Å²) < 4.78 is 13.8. The van der Waals surface area contributed by atoms with Crippen LogP contribution < -0.4 is 4.74 Å². The van der Waals surface area contributed by atoms with Gasteiger partial charge >= 0.3 is 6.09 Å². The summed E-state index contributed by atoms with van der Waals surface area (Å²) in [4.78, 5) is 11.9. The molecule has 0 fully saturated rings. The molecule has 1 heterocycles. The fourth-order valence-electron chi connectivity index (χ4n) is 1.54. The highest BCUT2D eigenvalue weighted by atomic mass is 32.2. The molecular weight excluding hydrogens is 276 g/mol. The smallest absolute Gasteiger partial charge is 0.428 e. The van der Waals surface area contributed by atoms with Crippen molar-refractivity contribution in [3.63, 3.8) is 0 Å². The molecule has 0 unspecified atom stereocenters. The van der Waals surface area contributed by atoms with Crippen LogP contribution in [-0.4, -0.2) is 34.8 Å². The number of rotatable bonds is 9. The van der Waals surface area contributed by atoms with Crippen LogP contribution in [0.15, 0.2) is 22.8 Å². The van der Waals surface area contributed by atoms with Gasteiger partial charge in [0.2, 0.25) is 0 Å². The lowest BCUT2D eigenvalue weighted by atomic mass is 10.3. The van der Waals surface area contributed by atoms with Crippen LogP contribution in [0, 0.1) is 0 Å². The summed E-state index contributed by atoms with van der Waals surface area (Å²) in [5.41, 5.74) is 0. The summed E-state index contributed by atoms with van der Waals surface area (Å²) in [5.74, 6) is 0.219. The van der Waals surface area contributed by atoms with Crippen LogP contribution in [0.5, 0.6) is 5.95 Å². The van der Waals surface area contributed by atoms with Crippen LogP contribution in [0.3, 0.4) is 0 Å².